The minimum absolute atomic E-state index is 0.113. The third-order valence-electron chi connectivity index (χ3n) is 3.55. The van der Waals surface area contributed by atoms with E-state index in [2.05, 4.69) is 0 Å². The molecule has 0 bridgehead atoms. The number of nitro groups is 1. The van der Waals surface area contributed by atoms with Crippen molar-refractivity contribution in [1.29, 1.82) is 0 Å². The van der Waals surface area contributed by atoms with Crippen molar-refractivity contribution in [2.24, 2.45) is 0 Å². The zero-order valence-corrected chi connectivity index (χ0v) is 11.8. The summed E-state index contributed by atoms with van der Waals surface area (Å²) in [6.45, 7) is 4.02. The van der Waals surface area contributed by atoms with Gasteiger partial charge in [-0.15, -0.1) is 0 Å². The zero-order chi connectivity index (χ0) is 15.4. The number of carbonyl (C=O) groups is 1. The van der Waals surface area contributed by atoms with Crippen LogP contribution in [0.5, 0.6) is 0 Å². The highest BCUT2D eigenvalue weighted by Crippen LogP contribution is 2.28. The number of hydrogen-bond acceptors (Lipinski definition) is 5. The molecule has 1 unspecified atom stereocenters. The number of piperidine rings is 1. The molecule has 114 valence electrons. The maximum atomic E-state index is 11.0. The van der Waals surface area contributed by atoms with E-state index in [0.717, 1.165) is 19.4 Å². The highest BCUT2D eigenvalue weighted by atomic mass is 16.6. The Hall–Kier alpha value is -2.15. The second-order valence-electron chi connectivity index (χ2n) is 4.93. The number of rotatable bonds is 5. The van der Waals surface area contributed by atoms with Crippen LogP contribution in [-0.2, 0) is 4.74 Å². The van der Waals surface area contributed by atoms with Gasteiger partial charge in [0.2, 0.25) is 0 Å². The molecule has 1 atom stereocenters. The van der Waals surface area contributed by atoms with E-state index in [1.807, 2.05) is 11.8 Å². The lowest BCUT2D eigenvalue weighted by atomic mass is 10.1. The minimum Gasteiger partial charge on any atom is -0.477 e. The molecule has 0 spiro atoms. The summed E-state index contributed by atoms with van der Waals surface area (Å²) in [6, 6.07) is 4.24. The second-order valence-corrected chi connectivity index (χ2v) is 4.93. The Morgan fingerprint density at radius 2 is 2.33 bits per heavy atom. The first-order chi connectivity index (χ1) is 10.0. The van der Waals surface area contributed by atoms with E-state index < -0.39 is 10.9 Å². The number of nitro benzene ring substituents is 1. The molecule has 0 amide bonds. The summed E-state index contributed by atoms with van der Waals surface area (Å²) in [5.41, 5.74) is -0.00301. The second kappa shape index (κ2) is 6.53. The summed E-state index contributed by atoms with van der Waals surface area (Å²) >= 11 is 0. The van der Waals surface area contributed by atoms with Gasteiger partial charge in [0.15, 0.2) is 0 Å². The number of benzene rings is 1. The molecule has 0 aliphatic carbocycles. The number of hydrogen-bond donors (Lipinski definition) is 1. The third kappa shape index (κ3) is 3.49. The topological polar surface area (TPSA) is 92.9 Å². The van der Waals surface area contributed by atoms with E-state index in [1.165, 1.54) is 12.1 Å². The minimum atomic E-state index is -1.29. The van der Waals surface area contributed by atoms with E-state index in [9.17, 15) is 14.9 Å². The zero-order valence-electron chi connectivity index (χ0n) is 11.8. The van der Waals surface area contributed by atoms with Gasteiger partial charge in [-0.2, -0.15) is 0 Å². The largest absolute Gasteiger partial charge is 0.477 e. The number of anilines is 1. The molecule has 1 aliphatic heterocycles. The van der Waals surface area contributed by atoms with Gasteiger partial charge in [-0.1, -0.05) is 0 Å². The predicted molar refractivity (Wildman–Crippen MR) is 76.9 cm³/mol. The molecule has 7 heteroatoms. The molecular formula is C14H18N2O5. The molecule has 1 aliphatic rings. The first kappa shape index (κ1) is 15.2. The average Bonchev–Trinajstić information content (AvgIpc) is 2.47. The fourth-order valence-electron chi connectivity index (χ4n) is 2.59. The van der Waals surface area contributed by atoms with Gasteiger partial charge in [-0.05, 0) is 31.9 Å². The van der Waals surface area contributed by atoms with Gasteiger partial charge in [-0.3, -0.25) is 10.1 Å². The van der Waals surface area contributed by atoms with Crippen molar-refractivity contribution in [1.82, 2.24) is 0 Å². The van der Waals surface area contributed by atoms with Crippen LogP contribution in [0.1, 0.15) is 30.1 Å². The number of nitrogens with zero attached hydrogens (tertiary/aromatic N) is 2. The Balaban J connectivity index is 2.25. The molecule has 1 fully saturated rings. The van der Waals surface area contributed by atoms with Gasteiger partial charge in [0.25, 0.3) is 5.69 Å². The van der Waals surface area contributed by atoms with Gasteiger partial charge in [0.05, 0.1) is 11.0 Å². The number of carboxylic acid groups (broad SMARTS) is 1. The molecule has 1 N–H and O–H groups in total. The Morgan fingerprint density at radius 1 is 1.57 bits per heavy atom. The van der Waals surface area contributed by atoms with Crippen LogP contribution in [0.2, 0.25) is 0 Å². The normalized spacial score (nSPS) is 18.5. The van der Waals surface area contributed by atoms with Gasteiger partial charge in [0.1, 0.15) is 5.56 Å². The Morgan fingerprint density at radius 3 is 2.95 bits per heavy atom. The molecular weight excluding hydrogens is 276 g/mol. The predicted octanol–water partition coefficient (Wildman–Crippen LogP) is 2.30. The van der Waals surface area contributed by atoms with E-state index in [0.29, 0.717) is 18.8 Å². The van der Waals surface area contributed by atoms with Crippen molar-refractivity contribution in [3.05, 3.63) is 33.9 Å². The lowest BCUT2D eigenvalue weighted by Gasteiger charge is -2.34. The van der Waals surface area contributed by atoms with Crippen molar-refractivity contribution in [2.45, 2.75) is 25.9 Å². The van der Waals surface area contributed by atoms with Crippen molar-refractivity contribution in [2.75, 3.05) is 24.6 Å². The van der Waals surface area contributed by atoms with Crippen LogP contribution in [0.15, 0.2) is 18.2 Å². The lowest BCUT2D eigenvalue weighted by molar-refractivity contribution is -0.385. The van der Waals surface area contributed by atoms with Crippen LogP contribution in [0, 0.1) is 10.1 Å². The Kier molecular flexibility index (Phi) is 4.74. The van der Waals surface area contributed by atoms with Crippen LogP contribution in [0.3, 0.4) is 0 Å². The fourth-order valence-corrected chi connectivity index (χ4v) is 2.59. The van der Waals surface area contributed by atoms with Crippen LogP contribution in [-0.4, -0.2) is 41.8 Å². The standard InChI is InChI=1S/C14H18N2O5/c1-2-21-11-4-3-7-15(9-11)10-5-6-12(14(17)18)13(8-10)16(19)20/h5-6,8,11H,2-4,7,9H2,1H3,(H,17,18). The number of carboxylic acids is 1. The molecule has 0 radical (unpaired) electrons. The van der Waals surface area contributed by atoms with Crippen molar-refractivity contribution in [3.8, 4) is 0 Å². The van der Waals surface area contributed by atoms with Gasteiger partial charge in [-0.25, -0.2) is 4.79 Å². The highest BCUT2D eigenvalue weighted by molar-refractivity contribution is 5.93. The first-order valence-electron chi connectivity index (χ1n) is 6.91. The highest BCUT2D eigenvalue weighted by Gasteiger charge is 2.25. The van der Waals surface area contributed by atoms with Crippen LogP contribution >= 0.6 is 0 Å². The molecule has 1 aromatic rings. The molecule has 21 heavy (non-hydrogen) atoms. The molecule has 0 saturated carbocycles. The maximum absolute atomic E-state index is 11.0. The number of ether oxygens (including phenoxy) is 1. The summed E-state index contributed by atoms with van der Waals surface area (Å²) in [5.74, 6) is -1.29. The fraction of sp³-hybridized carbons (Fsp3) is 0.500. The smallest absolute Gasteiger partial charge is 0.342 e. The molecule has 1 aromatic carbocycles. The molecule has 7 nitrogen and oxygen atoms in total. The first-order valence-corrected chi connectivity index (χ1v) is 6.91. The SMILES string of the molecule is CCOC1CCCN(c2ccc(C(=O)O)c([N+](=O)[O-])c2)C1. The summed E-state index contributed by atoms with van der Waals surface area (Å²) in [5, 5.41) is 20.0. The van der Waals surface area contributed by atoms with Crippen LogP contribution in [0.25, 0.3) is 0 Å². The van der Waals surface area contributed by atoms with E-state index >= 15 is 0 Å². The Labute approximate surface area is 122 Å². The van der Waals surface area contributed by atoms with E-state index in [1.54, 1.807) is 6.07 Å². The summed E-state index contributed by atoms with van der Waals surface area (Å²) in [4.78, 5) is 23.4. The molecule has 0 aromatic heterocycles. The summed E-state index contributed by atoms with van der Waals surface area (Å²) < 4.78 is 5.60. The maximum Gasteiger partial charge on any atom is 0.342 e. The van der Waals surface area contributed by atoms with E-state index in [-0.39, 0.29) is 17.4 Å². The van der Waals surface area contributed by atoms with Gasteiger partial charge >= 0.3 is 5.97 Å². The average molecular weight is 294 g/mol. The van der Waals surface area contributed by atoms with Crippen molar-refractivity contribution in [3.63, 3.8) is 0 Å². The molecule has 2 rings (SSSR count). The lowest BCUT2D eigenvalue weighted by Crippen LogP contribution is -2.39. The van der Waals surface area contributed by atoms with Crippen molar-refractivity contribution < 1.29 is 19.6 Å². The van der Waals surface area contributed by atoms with E-state index in [4.69, 9.17) is 9.84 Å². The summed E-state index contributed by atoms with van der Waals surface area (Å²) in [7, 11) is 0. The Bertz CT molecular complexity index is 544. The third-order valence-corrected chi connectivity index (χ3v) is 3.55. The molecule has 1 heterocycles. The summed E-state index contributed by atoms with van der Waals surface area (Å²) in [6.07, 6.45) is 2.03. The number of aromatic carboxylic acids is 1. The monoisotopic (exact) mass is 294 g/mol. The van der Waals surface area contributed by atoms with Crippen LogP contribution < -0.4 is 4.90 Å². The molecule has 1 saturated heterocycles. The quantitative estimate of drug-likeness (QED) is 0.661. The van der Waals surface area contributed by atoms with Crippen molar-refractivity contribution >= 4 is 17.3 Å². The van der Waals surface area contributed by atoms with Gasteiger partial charge in [0, 0.05) is 31.5 Å². The van der Waals surface area contributed by atoms with Gasteiger partial charge < -0.3 is 14.7 Å². The van der Waals surface area contributed by atoms with Crippen LogP contribution in [0.4, 0.5) is 11.4 Å².